The largest absolute Gasteiger partial charge is 0.482 e. The predicted molar refractivity (Wildman–Crippen MR) is 45.5 cm³/mol. The van der Waals surface area contributed by atoms with E-state index in [1.807, 2.05) is 30.3 Å². The molecule has 0 spiro atoms. The van der Waals surface area contributed by atoms with E-state index < -0.39 is 0 Å². The summed E-state index contributed by atoms with van der Waals surface area (Å²) >= 11 is 0. The second-order valence-electron chi connectivity index (χ2n) is 2.07. The Morgan fingerprint density at radius 1 is 1.08 bits per heavy atom. The van der Waals surface area contributed by atoms with Gasteiger partial charge >= 0.3 is 7.69 Å². The lowest BCUT2D eigenvalue weighted by Crippen LogP contribution is -1.75. The summed E-state index contributed by atoms with van der Waals surface area (Å²) in [5, 5.41) is 14.0. The molecule has 12 heavy (non-hydrogen) atoms. The molecule has 61 valence electrons. The molecule has 4 heteroatoms. The molecule has 0 aromatic carbocycles. The van der Waals surface area contributed by atoms with E-state index in [-0.39, 0.29) is 7.69 Å². The molecule has 0 aromatic rings. The van der Waals surface area contributed by atoms with Gasteiger partial charge in [-0.25, -0.2) is 0 Å². The topological polar surface area (TPSA) is 53.6 Å². The summed E-state index contributed by atoms with van der Waals surface area (Å²) in [5.41, 5.74) is 1.16. The van der Waals surface area contributed by atoms with Crippen molar-refractivity contribution in [2.45, 2.75) is 0 Å². The number of rotatable bonds is 0. The molecule has 0 atom stereocenters. The van der Waals surface area contributed by atoms with Gasteiger partial charge in [-0.3, -0.25) is 0 Å². The van der Waals surface area contributed by atoms with Crippen LogP contribution in [0, 0.1) is 0 Å². The van der Waals surface area contributed by atoms with E-state index in [0.29, 0.717) is 0 Å². The maximum atomic E-state index is 7.00. The zero-order chi connectivity index (χ0) is 8.81. The molecule has 2 aliphatic rings. The average molecular weight is 163 g/mol. The zero-order valence-corrected chi connectivity index (χ0v) is 6.34. The Labute approximate surface area is 70.9 Å². The highest BCUT2D eigenvalue weighted by Gasteiger charge is 1.98. The minimum absolute atomic E-state index is 0. The Balaban J connectivity index is 0.000000213. The molecule has 2 rings (SSSR count). The van der Waals surface area contributed by atoms with Gasteiger partial charge in [0.1, 0.15) is 5.76 Å². The van der Waals surface area contributed by atoms with Crippen LogP contribution >= 0.6 is 0 Å². The van der Waals surface area contributed by atoms with Crippen LogP contribution in [0.1, 0.15) is 0 Å². The molecule has 2 N–H and O–H groups in total. The van der Waals surface area contributed by atoms with Crippen LogP contribution < -0.4 is 0 Å². The quantitative estimate of drug-likeness (QED) is 0.567. The van der Waals surface area contributed by atoms with Gasteiger partial charge in [-0.05, 0) is 18.2 Å². The van der Waals surface area contributed by atoms with Crippen molar-refractivity contribution >= 4 is 7.69 Å². The molecule has 0 saturated carbocycles. The SMILES string of the molecule is O[B]O.c1coc2cccc-2c1. The van der Waals surface area contributed by atoms with E-state index in [9.17, 15) is 0 Å². The third-order valence-corrected chi connectivity index (χ3v) is 1.36. The van der Waals surface area contributed by atoms with Crippen LogP contribution in [0.5, 0.6) is 0 Å². The Morgan fingerprint density at radius 3 is 2.42 bits per heavy atom. The summed E-state index contributed by atoms with van der Waals surface area (Å²) < 4.78 is 5.15. The van der Waals surface area contributed by atoms with Gasteiger partial charge in [0, 0.05) is 5.56 Å². The summed E-state index contributed by atoms with van der Waals surface area (Å²) in [4.78, 5) is 0. The Hall–Kier alpha value is -1.26. The summed E-state index contributed by atoms with van der Waals surface area (Å²) in [6.45, 7) is 0. The van der Waals surface area contributed by atoms with Gasteiger partial charge in [0.2, 0.25) is 0 Å². The van der Waals surface area contributed by atoms with Crippen molar-refractivity contribution < 1.29 is 14.5 Å². The van der Waals surface area contributed by atoms with Crippen molar-refractivity contribution in [3.05, 3.63) is 36.6 Å². The lowest BCUT2D eigenvalue weighted by molar-refractivity contribution is 0.448. The lowest BCUT2D eigenvalue weighted by atomic mass is 10.3. The molecule has 0 aromatic heterocycles. The van der Waals surface area contributed by atoms with Gasteiger partial charge in [0.25, 0.3) is 0 Å². The molecule has 0 amide bonds. The van der Waals surface area contributed by atoms with Gasteiger partial charge in [0.05, 0.1) is 6.26 Å². The molecule has 0 unspecified atom stereocenters. The van der Waals surface area contributed by atoms with Crippen LogP contribution in [-0.4, -0.2) is 17.7 Å². The molecule has 0 bridgehead atoms. The Bertz CT molecular complexity index is 267. The van der Waals surface area contributed by atoms with Gasteiger partial charge in [0.15, 0.2) is 0 Å². The fourth-order valence-corrected chi connectivity index (χ4v) is 0.918. The molecule has 1 aliphatic carbocycles. The first-order valence-electron chi connectivity index (χ1n) is 3.41. The van der Waals surface area contributed by atoms with E-state index in [1.54, 1.807) is 6.26 Å². The normalized spacial score (nSPS) is 8.83. The third kappa shape index (κ3) is 2.12. The second-order valence-corrected chi connectivity index (χ2v) is 2.07. The molecule has 1 heterocycles. The van der Waals surface area contributed by atoms with Crippen LogP contribution in [-0.2, 0) is 0 Å². The van der Waals surface area contributed by atoms with Crippen molar-refractivity contribution in [3.63, 3.8) is 0 Å². The Morgan fingerprint density at radius 2 is 1.75 bits per heavy atom. The monoisotopic (exact) mass is 163 g/mol. The van der Waals surface area contributed by atoms with Crippen molar-refractivity contribution in [1.29, 1.82) is 0 Å². The van der Waals surface area contributed by atoms with Crippen molar-refractivity contribution in [1.82, 2.24) is 0 Å². The lowest BCUT2D eigenvalue weighted by Gasteiger charge is -1.92. The fraction of sp³-hybridized carbons (Fsp3) is 0. The van der Waals surface area contributed by atoms with E-state index in [1.165, 1.54) is 0 Å². The molecule has 1 radical (unpaired) electrons. The summed E-state index contributed by atoms with van der Waals surface area (Å²) in [6, 6.07) is 9.88. The second kappa shape index (κ2) is 4.59. The van der Waals surface area contributed by atoms with E-state index in [2.05, 4.69) is 0 Å². The maximum absolute atomic E-state index is 7.00. The zero-order valence-electron chi connectivity index (χ0n) is 6.34. The predicted octanol–water partition coefficient (Wildman–Crippen LogP) is 0.890. The third-order valence-electron chi connectivity index (χ3n) is 1.36. The van der Waals surface area contributed by atoms with E-state index in [0.717, 1.165) is 11.3 Å². The van der Waals surface area contributed by atoms with Crippen LogP contribution in [0.3, 0.4) is 0 Å². The smallest absolute Gasteiger partial charge is 0.464 e. The van der Waals surface area contributed by atoms with Gasteiger partial charge in [-0.2, -0.15) is 0 Å². The van der Waals surface area contributed by atoms with Crippen LogP contribution in [0.4, 0.5) is 0 Å². The molecule has 0 fully saturated rings. The first-order valence-corrected chi connectivity index (χ1v) is 3.41. The summed E-state index contributed by atoms with van der Waals surface area (Å²) in [6.07, 6.45) is 1.68. The van der Waals surface area contributed by atoms with Crippen molar-refractivity contribution in [2.75, 3.05) is 0 Å². The standard InChI is InChI=1S/C8H6O.BH2O2/c1-3-7-4-2-6-9-8(7)5-1;2-1-3/h1-6H;2-3H. The highest BCUT2D eigenvalue weighted by atomic mass is 16.4. The number of hydrogen-bond acceptors (Lipinski definition) is 3. The molecule has 3 nitrogen and oxygen atoms in total. The Kier molecular flexibility index (Phi) is 3.38. The first-order chi connectivity index (χ1) is 5.88. The summed E-state index contributed by atoms with van der Waals surface area (Å²) in [5.74, 6) is 0.956. The van der Waals surface area contributed by atoms with Crippen molar-refractivity contribution in [3.8, 4) is 11.3 Å². The number of hydrogen-bond donors (Lipinski definition) is 2. The molecule has 0 saturated heterocycles. The average Bonchev–Trinajstić information content (AvgIpc) is 2.52. The fourth-order valence-electron chi connectivity index (χ4n) is 0.918. The van der Waals surface area contributed by atoms with Gasteiger partial charge in [-0.1, -0.05) is 12.1 Å². The highest BCUT2D eigenvalue weighted by Crippen LogP contribution is 2.20. The van der Waals surface area contributed by atoms with Crippen LogP contribution in [0.15, 0.2) is 41.0 Å². The molecule has 1 aliphatic heterocycles. The number of fused-ring (bicyclic) bond motifs is 1. The first kappa shape index (κ1) is 8.84. The van der Waals surface area contributed by atoms with E-state index in [4.69, 9.17) is 14.5 Å². The van der Waals surface area contributed by atoms with Crippen LogP contribution in [0.25, 0.3) is 11.3 Å². The summed E-state index contributed by atoms with van der Waals surface area (Å²) in [7, 11) is 0. The molecular weight excluding hydrogens is 155 g/mol. The van der Waals surface area contributed by atoms with Gasteiger partial charge < -0.3 is 14.5 Å². The minimum atomic E-state index is 0. The van der Waals surface area contributed by atoms with Gasteiger partial charge in [-0.15, -0.1) is 0 Å². The minimum Gasteiger partial charge on any atom is -0.464 e. The molecular formula is C8H8BO3. The van der Waals surface area contributed by atoms with Crippen LogP contribution in [0.2, 0.25) is 0 Å². The maximum Gasteiger partial charge on any atom is 0.482 e. The highest BCUT2D eigenvalue weighted by molar-refractivity contribution is 6.13. The van der Waals surface area contributed by atoms with Crippen molar-refractivity contribution in [2.24, 2.45) is 0 Å². The van der Waals surface area contributed by atoms with E-state index >= 15 is 0 Å².